The molecular formula is C18H23ClN4O2. The minimum Gasteiger partial charge on any atom is -0.337 e. The number of hydrogen-bond donors (Lipinski definition) is 1. The first-order valence-electron chi connectivity index (χ1n) is 8.32. The smallest absolute Gasteiger partial charge is 0.267 e. The predicted molar refractivity (Wildman–Crippen MR) is 99.6 cm³/mol. The molecule has 0 spiro atoms. The molecule has 1 saturated heterocycles. The molecule has 1 aromatic heterocycles. The highest BCUT2D eigenvalue weighted by molar-refractivity contribution is 5.85. The van der Waals surface area contributed by atoms with Gasteiger partial charge in [0.15, 0.2) is 0 Å². The molecule has 1 amide bonds. The van der Waals surface area contributed by atoms with Crippen LogP contribution in [0.15, 0.2) is 47.3 Å². The van der Waals surface area contributed by atoms with Gasteiger partial charge in [0.25, 0.3) is 5.56 Å². The van der Waals surface area contributed by atoms with Crippen molar-refractivity contribution >= 4 is 18.3 Å². The minimum absolute atomic E-state index is 0. The lowest BCUT2D eigenvalue weighted by molar-refractivity contribution is -0.135. The highest BCUT2D eigenvalue weighted by Crippen LogP contribution is 2.17. The van der Waals surface area contributed by atoms with E-state index in [9.17, 15) is 9.59 Å². The average Bonchev–Trinajstić information content (AvgIpc) is 2.64. The van der Waals surface area contributed by atoms with Crippen molar-refractivity contribution in [2.24, 2.45) is 5.73 Å². The number of nitrogens with two attached hydrogens (primary N) is 1. The van der Waals surface area contributed by atoms with Crippen LogP contribution in [0, 0.1) is 0 Å². The third-order valence-corrected chi connectivity index (χ3v) is 4.44. The van der Waals surface area contributed by atoms with Crippen LogP contribution in [-0.4, -0.2) is 39.7 Å². The van der Waals surface area contributed by atoms with Crippen LogP contribution in [0.1, 0.15) is 19.3 Å². The molecule has 7 heteroatoms. The van der Waals surface area contributed by atoms with E-state index >= 15 is 0 Å². The van der Waals surface area contributed by atoms with E-state index < -0.39 is 0 Å². The van der Waals surface area contributed by atoms with Crippen LogP contribution >= 0.6 is 12.4 Å². The van der Waals surface area contributed by atoms with Crippen LogP contribution in [0.2, 0.25) is 0 Å². The van der Waals surface area contributed by atoms with Gasteiger partial charge in [0.1, 0.15) is 6.54 Å². The van der Waals surface area contributed by atoms with Crippen LogP contribution in [0.25, 0.3) is 11.3 Å². The van der Waals surface area contributed by atoms with Crippen molar-refractivity contribution < 1.29 is 4.79 Å². The third kappa shape index (κ3) is 4.46. The van der Waals surface area contributed by atoms with Gasteiger partial charge in [-0.15, -0.1) is 12.4 Å². The van der Waals surface area contributed by atoms with Gasteiger partial charge in [-0.2, -0.15) is 5.10 Å². The van der Waals surface area contributed by atoms with E-state index in [0.717, 1.165) is 24.8 Å². The monoisotopic (exact) mass is 362 g/mol. The first-order valence-corrected chi connectivity index (χ1v) is 8.32. The van der Waals surface area contributed by atoms with Gasteiger partial charge in [-0.3, -0.25) is 9.59 Å². The van der Waals surface area contributed by atoms with Gasteiger partial charge in [0, 0.05) is 30.8 Å². The summed E-state index contributed by atoms with van der Waals surface area (Å²) in [7, 11) is 0. The van der Waals surface area contributed by atoms with Crippen molar-refractivity contribution in [2.45, 2.75) is 31.8 Å². The highest BCUT2D eigenvalue weighted by Gasteiger charge is 2.26. The lowest BCUT2D eigenvalue weighted by Crippen LogP contribution is -2.49. The van der Waals surface area contributed by atoms with Crippen LogP contribution in [-0.2, 0) is 11.3 Å². The van der Waals surface area contributed by atoms with Crippen LogP contribution in [0.4, 0.5) is 0 Å². The van der Waals surface area contributed by atoms with E-state index in [1.807, 2.05) is 30.3 Å². The summed E-state index contributed by atoms with van der Waals surface area (Å²) in [4.78, 5) is 26.5. The number of nitrogens with zero attached hydrogens (tertiary/aromatic N) is 3. The molecule has 0 aliphatic carbocycles. The van der Waals surface area contributed by atoms with Gasteiger partial charge >= 0.3 is 0 Å². The van der Waals surface area contributed by atoms with Crippen molar-refractivity contribution in [3.8, 4) is 11.3 Å². The molecule has 1 atom stereocenters. The fourth-order valence-corrected chi connectivity index (χ4v) is 3.12. The Kier molecular flexibility index (Phi) is 6.73. The zero-order chi connectivity index (χ0) is 16.9. The van der Waals surface area contributed by atoms with E-state index in [0.29, 0.717) is 18.8 Å². The Hall–Kier alpha value is -2.18. The zero-order valence-corrected chi connectivity index (χ0v) is 14.8. The van der Waals surface area contributed by atoms with Gasteiger partial charge in [-0.05, 0) is 25.3 Å². The quantitative estimate of drug-likeness (QED) is 0.897. The van der Waals surface area contributed by atoms with Crippen LogP contribution in [0.3, 0.4) is 0 Å². The summed E-state index contributed by atoms with van der Waals surface area (Å²) in [5.41, 5.74) is 7.09. The standard InChI is InChI=1S/C18H22N4O2.ClH/c19-12-15-8-4-5-11-21(15)18(24)13-22-17(23)10-9-16(20-22)14-6-2-1-3-7-14;/h1-3,6-7,9-10,15H,4-5,8,11-13,19H2;1H. The number of piperidine rings is 1. The van der Waals surface area contributed by atoms with Crippen molar-refractivity contribution in [3.05, 3.63) is 52.8 Å². The molecule has 2 heterocycles. The number of carbonyl (C=O) groups is 1. The lowest BCUT2D eigenvalue weighted by atomic mass is 10.0. The minimum atomic E-state index is -0.274. The maximum atomic E-state index is 12.6. The largest absolute Gasteiger partial charge is 0.337 e. The summed E-state index contributed by atoms with van der Waals surface area (Å²) in [5.74, 6) is -0.0926. The number of rotatable bonds is 4. The van der Waals surface area contributed by atoms with E-state index in [-0.39, 0.29) is 36.5 Å². The fraction of sp³-hybridized carbons (Fsp3) is 0.389. The summed E-state index contributed by atoms with van der Waals surface area (Å²) in [6, 6.07) is 12.8. The van der Waals surface area contributed by atoms with Crippen LogP contribution in [0.5, 0.6) is 0 Å². The van der Waals surface area contributed by atoms with Gasteiger partial charge in [0.05, 0.1) is 5.69 Å². The van der Waals surface area contributed by atoms with Gasteiger partial charge < -0.3 is 10.6 Å². The number of hydrogen-bond acceptors (Lipinski definition) is 4. The molecule has 2 N–H and O–H groups in total. The first kappa shape index (κ1) is 19.1. The molecule has 2 aromatic rings. The summed E-state index contributed by atoms with van der Waals surface area (Å²) < 4.78 is 1.24. The Morgan fingerprint density at radius 1 is 1.16 bits per heavy atom. The zero-order valence-electron chi connectivity index (χ0n) is 14.0. The SMILES string of the molecule is Cl.NCC1CCCCN1C(=O)Cn1nc(-c2ccccc2)ccc1=O. The second-order valence-corrected chi connectivity index (χ2v) is 6.05. The maximum absolute atomic E-state index is 12.6. The van der Waals surface area contributed by atoms with Gasteiger partial charge in [0.2, 0.25) is 5.91 Å². The van der Waals surface area contributed by atoms with E-state index in [1.165, 1.54) is 10.7 Å². The number of aromatic nitrogens is 2. The van der Waals surface area contributed by atoms with Gasteiger partial charge in [-0.1, -0.05) is 30.3 Å². The number of likely N-dealkylation sites (tertiary alicyclic amines) is 1. The molecule has 1 fully saturated rings. The number of amides is 1. The fourth-order valence-electron chi connectivity index (χ4n) is 3.12. The topological polar surface area (TPSA) is 81.2 Å². The first-order chi connectivity index (χ1) is 11.7. The number of halogens is 1. The summed E-state index contributed by atoms with van der Waals surface area (Å²) >= 11 is 0. The predicted octanol–water partition coefficient (Wildman–Crippen LogP) is 1.67. The van der Waals surface area contributed by atoms with Gasteiger partial charge in [-0.25, -0.2) is 4.68 Å². The molecule has 6 nitrogen and oxygen atoms in total. The molecule has 0 saturated carbocycles. The Balaban J connectivity index is 0.00000225. The Morgan fingerprint density at radius 3 is 2.64 bits per heavy atom. The summed E-state index contributed by atoms with van der Waals surface area (Å²) in [6.07, 6.45) is 3.00. The van der Waals surface area contributed by atoms with Crippen LogP contribution < -0.4 is 11.3 Å². The molecule has 3 rings (SSSR count). The molecule has 1 unspecified atom stereocenters. The molecule has 134 valence electrons. The highest BCUT2D eigenvalue weighted by atomic mass is 35.5. The third-order valence-electron chi connectivity index (χ3n) is 4.44. The number of benzene rings is 1. The molecule has 25 heavy (non-hydrogen) atoms. The Morgan fingerprint density at radius 2 is 1.92 bits per heavy atom. The van der Waals surface area contributed by atoms with Crippen molar-refractivity contribution in [2.75, 3.05) is 13.1 Å². The summed E-state index contributed by atoms with van der Waals surface area (Å²) in [6.45, 7) is 1.11. The van der Waals surface area contributed by atoms with Crippen molar-refractivity contribution in [1.29, 1.82) is 0 Å². The van der Waals surface area contributed by atoms with Crippen molar-refractivity contribution in [1.82, 2.24) is 14.7 Å². The lowest BCUT2D eigenvalue weighted by Gasteiger charge is -2.35. The summed E-state index contributed by atoms with van der Waals surface area (Å²) in [5, 5.41) is 4.35. The second-order valence-electron chi connectivity index (χ2n) is 6.05. The molecule has 0 radical (unpaired) electrons. The Labute approximate surface area is 153 Å². The molecule has 1 aromatic carbocycles. The van der Waals surface area contributed by atoms with E-state index in [2.05, 4.69) is 5.10 Å². The second kappa shape index (κ2) is 8.78. The maximum Gasteiger partial charge on any atom is 0.267 e. The number of carbonyl (C=O) groups excluding carboxylic acids is 1. The van der Waals surface area contributed by atoms with Crippen molar-refractivity contribution in [3.63, 3.8) is 0 Å². The molecule has 0 bridgehead atoms. The van der Waals surface area contributed by atoms with E-state index in [4.69, 9.17) is 5.73 Å². The molecular weight excluding hydrogens is 340 g/mol. The average molecular weight is 363 g/mol. The van der Waals surface area contributed by atoms with E-state index in [1.54, 1.807) is 11.0 Å². The molecule has 1 aliphatic rings. The molecule has 1 aliphatic heterocycles. The Bertz CT molecular complexity index is 763. The normalized spacial score (nSPS) is 17.0.